The number of fused-ring (bicyclic) bond motifs is 2. The molecule has 1 fully saturated rings. The van der Waals surface area contributed by atoms with Crippen LogP contribution in [0.5, 0.6) is 0 Å². The number of nitrogens with one attached hydrogen (secondary N) is 1. The average molecular weight is 456 g/mol. The lowest BCUT2D eigenvalue weighted by atomic mass is 9.87. The van der Waals surface area contributed by atoms with Gasteiger partial charge in [0.15, 0.2) is 0 Å². The first-order chi connectivity index (χ1) is 15.4. The Balaban J connectivity index is 1.52. The van der Waals surface area contributed by atoms with E-state index in [-0.39, 0.29) is 17.8 Å². The quantitative estimate of drug-likeness (QED) is 0.460. The summed E-state index contributed by atoms with van der Waals surface area (Å²) in [4.78, 5) is 7.66. The van der Waals surface area contributed by atoms with Crippen LogP contribution in [-0.2, 0) is 11.3 Å². The van der Waals surface area contributed by atoms with Gasteiger partial charge in [0.25, 0.3) is 0 Å². The molecule has 0 aliphatic carbocycles. The number of aryl methyl sites for hydroxylation is 1. The Hall–Kier alpha value is -2.36. The van der Waals surface area contributed by atoms with Crippen LogP contribution in [0.15, 0.2) is 53.4 Å². The standard InChI is InChI=1S/C24H29N3O4S/c1-17-6-7-20-19(10-17)21(25-13-24(14-28)15-31-16-24)11-23(26-20)27-8-9-32(29,30)22-5-3-2-4-18(22)12-27/h2-7,10-11,28-30H,8-9,12-16H2,1H3,(H,25,26). The number of ether oxygens (including phenoxy) is 1. The molecule has 1 saturated heterocycles. The third-order valence-electron chi connectivity index (χ3n) is 6.41. The highest BCUT2D eigenvalue weighted by Crippen LogP contribution is 2.51. The number of nitrogens with zero attached hydrogens (tertiary/aromatic N) is 2. The zero-order valence-corrected chi connectivity index (χ0v) is 18.9. The van der Waals surface area contributed by atoms with Gasteiger partial charge in [-0.05, 0) is 30.7 Å². The lowest BCUT2D eigenvalue weighted by Gasteiger charge is -2.40. The first-order valence-corrected chi connectivity index (χ1v) is 12.5. The smallest absolute Gasteiger partial charge is 0.131 e. The van der Waals surface area contributed by atoms with Crippen LogP contribution in [0.25, 0.3) is 10.9 Å². The Kier molecular flexibility index (Phi) is 5.51. The minimum absolute atomic E-state index is 0.0790. The summed E-state index contributed by atoms with van der Waals surface area (Å²) in [6.07, 6.45) is 0. The summed E-state index contributed by atoms with van der Waals surface area (Å²) in [5.41, 5.74) is 3.64. The van der Waals surface area contributed by atoms with E-state index in [1.165, 1.54) is 0 Å². The van der Waals surface area contributed by atoms with Crippen LogP contribution >= 0.6 is 10.6 Å². The van der Waals surface area contributed by atoms with Crippen LogP contribution in [0.1, 0.15) is 11.1 Å². The van der Waals surface area contributed by atoms with Crippen molar-refractivity contribution in [2.24, 2.45) is 5.41 Å². The zero-order chi connectivity index (χ0) is 22.3. The maximum atomic E-state index is 10.7. The highest BCUT2D eigenvalue weighted by atomic mass is 32.3. The summed E-state index contributed by atoms with van der Waals surface area (Å²) in [6, 6.07) is 15.8. The van der Waals surface area contributed by atoms with Crippen LogP contribution in [0, 0.1) is 12.3 Å². The normalized spacial score (nSPS) is 20.2. The Morgan fingerprint density at radius 3 is 2.72 bits per heavy atom. The number of hydrogen-bond donors (Lipinski definition) is 4. The molecule has 4 N–H and O–H groups in total. The summed E-state index contributed by atoms with van der Waals surface area (Å²) in [5, 5.41) is 14.4. The predicted molar refractivity (Wildman–Crippen MR) is 129 cm³/mol. The van der Waals surface area contributed by atoms with Crippen molar-refractivity contribution in [1.82, 2.24) is 4.98 Å². The Morgan fingerprint density at radius 2 is 1.97 bits per heavy atom. The number of anilines is 2. The molecular formula is C24H29N3O4S. The summed E-state index contributed by atoms with van der Waals surface area (Å²) in [5.74, 6) is 1.06. The van der Waals surface area contributed by atoms with Crippen molar-refractivity contribution in [2.75, 3.05) is 48.9 Å². The fourth-order valence-corrected chi connectivity index (χ4v) is 5.88. The van der Waals surface area contributed by atoms with Crippen molar-refractivity contribution in [3.63, 3.8) is 0 Å². The van der Waals surface area contributed by atoms with Gasteiger partial charge < -0.3 is 20.1 Å². The van der Waals surface area contributed by atoms with Gasteiger partial charge in [0, 0.05) is 36.8 Å². The first-order valence-electron chi connectivity index (χ1n) is 10.8. The molecular weight excluding hydrogens is 426 g/mol. The number of pyridine rings is 1. The topological polar surface area (TPSA) is 98.1 Å². The van der Waals surface area contributed by atoms with Gasteiger partial charge in [-0.25, -0.2) is 4.98 Å². The van der Waals surface area contributed by atoms with E-state index < -0.39 is 10.6 Å². The highest BCUT2D eigenvalue weighted by molar-refractivity contribution is 8.24. The molecule has 1 aromatic heterocycles. The fourth-order valence-electron chi connectivity index (χ4n) is 4.34. The molecule has 8 heteroatoms. The zero-order valence-electron chi connectivity index (χ0n) is 18.1. The summed E-state index contributed by atoms with van der Waals surface area (Å²) in [6.45, 7) is 4.90. The third kappa shape index (κ3) is 3.93. The molecule has 5 rings (SSSR count). The third-order valence-corrected chi connectivity index (χ3v) is 8.27. The van der Waals surface area contributed by atoms with Crippen LogP contribution in [0.4, 0.5) is 11.5 Å². The summed E-state index contributed by atoms with van der Waals surface area (Å²) < 4.78 is 26.8. The molecule has 2 aromatic carbocycles. The fraction of sp³-hybridized carbons (Fsp3) is 0.375. The van der Waals surface area contributed by atoms with Gasteiger partial charge in [-0.3, -0.25) is 9.11 Å². The van der Waals surface area contributed by atoms with E-state index in [1.54, 1.807) is 0 Å². The molecule has 2 aliphatic rings. The highest BCUT2D eigenvalue weighted by Gasteiger charge is 2.38. The summed E-state index contributed by atoms with van der Waals surface area (Å²) >= 11 is 0. The van der Waals surface area contributed by atoms with Gasteiger partial charge in [0.1, 0.15) is 5.82 Å². The van der Waals surface area contributed by atoms with Gasteiger partial charge >= 0.3 is 0 Å². The minimum atomic E-state index is -2.83. The second-order valence-corrected chi connectivity index (χ2v) is 11.1. The monoisotopic (exact) mass is 455 g/mol. The summed E-state index contributed by atoms with van der Waals surface area (Å²) in [7, 11) is -2.83. The molecule has 170 valence electrons. The second kappa shape index (κ2) is 8.20. The van der Waals surface area contributed by atoms with Gasteiger partial charge in [-0.2, -0.15) is 10.6 Å². The van der Waals surface area contributed by atoms with E-state index in [0.29, 0.717) is 37.7 Å². The Labute approximate surface area is 189 Å². The number of aliphatic hydroxyl groups excluding tert-OH is 1. The van der Waals surface area contributed by atoms with Crippen molar-refractivity contribution in [1.29, 1.82) is 0 Å². The molecule has 0 unspecified atom stereocenters. The molecule has 7 nitrogen and oxygen atoms in total. The van der Waals surface area contributed by atoms with E-state index in [4.69, 9.17) is 9.72 Å². The molecule has 0 radical (unpaired) electrons. The molecule has 3 aromatic rings. The van der Waals surface area contributed by atoms with Gasteiger partial charge in [0.05, 0.1) is 41.4 Å². The molecule has 3 heterocycles. The van der Waals surface area contributed by atoms with Gasteiger partial charge in [0.2, 0.25) is 0 Å². The maximum Gasteiger partial charge on any atom is 0.131 e. The largest absolute Gasteiger partial charge is 0.396 e. The van der Waals surface area contributed by atoms with Crippen LogP contribution < -0.4 is 10.2 Å². The Morgan fingerprint density at radius 1 is 1.16 bits per heavy atom. The van der Waals surface area contributed by atoms with Crippen molar-refractivity contribution in [2.45, 2.75) is 18.4 Å². The predicted octanol–water partition coefficient (Wildman–Crippen LogP) is 4.09. The Bertz CT molecular complexity index is 1140. The number of aliphatic hydroxyl groups is 1. The van der Waals surface area contributed by atoms with E-state index >= 15 is 0 Å². The van der Waals surface area contributed by atoms with Crippen molar-refractivity contribution >= 4 is 33.0 Å². The molecule has 0 saturated carbocycles. The molecule has 32 heavy (non-hydrogen) atoms. The molecule has 0 amide bonds. The van der Waals surface area contributed by atoms with Crippen LogP contribution in [0.3, 0.4) is 0 Å². The van der Waals surface area contributed by atoms with Crippen LogP contribution in [-0.4, -0.2) is 57.9 Å². The van der Waals surface area contributed by atoms with E-state index in [1.807, 2.05) is 42.5 Å². The van der Waals surface area contributed by atoms with E-state index in [0.717, 1.165) is 33.5 Å². The first kappa shape index (κ1) is 21.5. The lowest BCUT2D eigenvalue weighted by Crippen LogP contribution is -2.50. The number of aromatic nitrogens is 1. The molecule has 0 bridgehead atoms. The van der Waals surface area contributed by atoms with E-state index in [9.17, 15) is 14.2 Å². The molecule has 2 aliphatic heterocycles. The molecule has 0 atom stereocenters. The molecule has 0 spiro atoms. The lowest BCUT2D eigenvalue weighted by molar-refractivity contribution is -0.128. The van der Waals surface area contributed by atoms with Crippen LogP contribution in [0.2, 0.25) is 0 Å². The second-order valence-electron chi connectivity index (χ2n) is 8.95. The van der Waals surface area contributed by atoms with Crippen molar-refractivity contribution in [3.05, 3.63) is 59.7 Å². The van der Waals surface area contributed by atoms with Gasteiger partial charge in [-0.15, -0.1) is 0 Å². The van der Waals surface area contributed by atoms with Crippen molar-refractivity contribution < 1.29 is 18.9 Å². The minimum Gasteiger partial charge on any atom is -0.396 e. The number of rotatable bonds is 5. The van der Waals surface area contributed by atoms with Gasteiger partial charge in [-0.1, -0.05) is 29.8 Å². The number of benzene rings is 2. The van der Waals surface area contributed by atoms with Crippen molar-refractivity contribution in [3.8, 4) is 0 Å². The maximum absolute atomic E-state index is 10.7. The average Bonchev–Trinajstić information content (AvgIpc) is 2.89. The van der Waals surface area contributed by atoms with E-state index in [2.05, 4.69) is 23.2 Å². The SMILES string of the molecule is Cc1ccc2nc(N3CCS(O)(O)c4ccccc4C3)cc(NCC3(CO)COC3)c2c1. The number of hydrogen-bond acceptors (Lipinski definition) is 7.